The fourth-order valence-electron chi connectivity index (χ4n) is 1.22. The Hall–Kier alpha value is -1.05. The minimum Gasteiger partial charge on any atom is -0.490 e. The number of nitrogens with one attached hydrogen (secondary N) is 1. The van der Waals surface area contributed by atoms with E-state index >= 15 is 0 Å². The molecule has 3 N–H and O–H groups in total. The first-order valence-corrected chi connectivity index (χ1v) is 6.16. The third-order valence-corrected chi connectivity index (χ3v) is 2.86. The number of anilines is 2. The molecule has 0 aliphatic heterocycles. The molecule has 0 fully saturated rings. The van der Waals surface area contributed by atoms with Gasteiger partial charge in [0.1, 0.15) is 0 Å². The van der Waals surface area contributed by atoms with E-state index in [4.69, 9.17) is 19.9 Å². The minimum atomic E-state index is 0.427. The molecule has 0 saturated heterocycles. The molecule has 0 spiro atoms. The summed E-state index contributed by atoms with van der Waals surface area (Å²) in [6, 6.07) is 0. The molecule has 0 aliphatic carbocycles. The minimum absolute atomic E-state index is 0.427. The van der Waals surface area contributed by atoms with Gasteiger partial charge in [-0.3, -0.25) is 0 Å². The average molecular weight is 261 g/mol. The highest BCUT2D eigenvalue weighted by Gasteiger charge is 2.10. The number of nitrogen functional groups attached to an aromatic ring is 1. The van der Waals surface area contributed by atoms with Crippen LogP contribution in [0.3, 0.4) is 0 Å². The van der Waals surface area contributed by atoms with E-state index in [1.165, 1.54) is 11.5 Å². The van der Waals surface area contributed by atoms with Crippen LogP contribution in [-0.2, 0) is 9.47 Å². The van der Waals surface area contributed by atoms with Crippen molar-refractivity contribution >= 4 is 22.4 Å². The van der Waals surface area contributed by atoms with Crippen molar-refractivity contribution in [3.63, 3.8) is 0 Å². The van der Waals surface area contributed by atoms with Gasteiger partial charge in [0.05, 0.1) is 20.3 Å². The van der Waals surface area contributed by atoms with E-state index in [1.54, 1.807) is 14.2 Å². The molecule has 1 aromatic heterocycles. The molecule has 0 bridgehead atoms. The van der Waals surface area contributed by atoms with Crippen molar-refractivity contribution < 1.29 is 14.2 Å². The van der Waals surface area contributed by atoms with Gasteiger partial charge in [0.2, 0.25) is 0 Å². The number of ether oxygens (including phenoxy) is 3. The molecule has 0 saturated carbocycles. The highest BCUT2D eigenvalue weighted by atomic mass is 32.1. The lowest BCUT2D eigenvalue weighted by Gasteiger charge is -2.06. The van der Waals surface area contributed by atoms with E-state index in [1.807, 2.05) is 0 Å². The van der Waals surface area contributed by atoms with E-state index in [0.717, 1.165) is 18.0 Å². The van der Waals surface area contributed by atoms with Crippen molar-refractivity contribution in [3.8, 4) is 5.75 Å². The zero-order valence-electron chi connectivity index (χ0n) is 10.2. The molecule has 6 nitrogen and oxygen atoms in total. The maximum Gasteiger partial charge on any atom is 0.197 e. The largest absolute Gasteiger partial charge is 0.490 e. The zero-order valence-corrected chi connectivity index (χ0v) is 11.0. The average Bonchev–Trinajstić information content (AvgIpc) is 2.69. The molecule has 0 unspecified atom stereocenters. The molecule has 0 aromatic carbocycles. The van der Waals surface area contributed by atoms with Gasteiger partial charge in [0.15, 0.2) is 16.6 Å². The molecule has 1 aromatic rings. The van der Waals surface area contributed by atoms with Gasteiger partial charge in [-0.25, -0.2) is 0 Å². The van der Waals surface area contributed by atoms with Crippen LogP contribution in [0, 0.1) is 0 Å². The van der Waals surface area contributed by atoms with E-state index in [-0.39, 0.29) is 0 Å². The summed E-state index contributed by atoms with van der Waals surface area (Å²) in [4.78, 5) is 0. The van der Waals surface area contributed by atoms with Crippen molar-refractivity contribution in [2.75, 3.05) is 51.6 Å². The second-order valence-corrected chi connectivity index (χ2v) is 4.09. The molecule has 17 heavy (non-hydrogen) atoms. The van der Waals surface area contributed by atoms with E-state index in [9.17, 15) is 0 Å². The Morgan fingerprint density at radius 3 is 2.82 bits per heavy atom. The molecule has 98 valence electrons. The van der Waals surface area contributed by atoms with Crippen LogP contribution in [-0.4, -0.2) is 45.0 Å². The third-order valence-electron chi connectivity index (χ3n) is 2.06. The zero-order chi connectivity index (χ0) is 12.5. The normalized spacial score (nSPS) is 10.5. The van der Waals surface area contributed by atoms with E-state index in [2.05, 4.69) is 9.69 Å². The lowest BCUT2D eigenvalue weighted by molar-refractivity contribution is 0.0705. The van der Waals surface area contributed by atoms with E-state index < -0.39 is 0 Å². The van der Waals surface area contributed by atoms with Crippen molar-refractivity contribution in [1.82, 2.24) is 4.37 Å². The van der Waals surface area contributed by atoms with Crippen molar-refractivity contribution in [3.05, 3.63) is 0 Å². The SMILES string of the molecule is COCCOCCCNc1snc(N)c1OC. The number of hydrogen-bond donors (Lipinski definition) is 2. The van der Waals surface area contributed by atoms with Crippen LogP contribution in [0.1, 0.15) is 6.42 Å². The maximum atomic E-state index is 5.63. The smallest absolute Gasteiger partial charge is 0.197 e. The lowest BCUT2D eigenvalue weighted by Crippen LogP contribution is -2.08. The first-order chi connectivity index (χ1) is 8.29. The fraction of sp³-hybridized carbons (Fsp3) is 0.700. The van der Waals surface area contributed by atoms with Gasteiger partial charge < -0.3 is 25.3 Å². The predicted octanol–water partition coefficient (Wildman–Crippen LogP) is 1.20. The molecule has 0 radical (unpaired) electrons. The van der Waals surface area contributed by atoms with Crippen LogP contribution in [0.15, 0.2) is 0 Å². The summed E-state index contributed by atoms with van der Waals surface area (Å²) in [5.41, 5.74) is 5.63. The topological polar surface area (TPSA) is 78.6 Å². The quantitative estimate of drug-likeness (QED) is 0.650. The van der Waals surface area contributed by atoms with Gasteiger partial charge in [-0.2, -0.15) is 4.37 Å². The molecular weight excluding hydrogens is 242 g/mol. The lowest BCUT2D eigenvalue weighted by atomic mass is 10.4. The molecule has 1 rings (SSSR count). The first kappa shape index (κ1) is 14.0. The highest BCUT2D eigenvalue weighted by Crippen LogP contribution is 2.34. The van der Waals surface area contributed by atoms with Gasteiger partial charge in [-0.15, -0.1) is 0 Å². The van der Waals surface area contributed by atoms with Gasteiger partial charge in [-0.05, 0) is 18.0 Å². The maximum absolute atomic E-state index is 5.63. The number of nitrogens with two attached hydrogens (primary N) is 1. The molecule has 0 atom stereocenters. The Kier molecular flexibility index (Phi) is 6.68. The summed E-state index contributed by atoms with van der Waals surface area (Å²) in [5, 5.41) is 4.08. The summed E-state index contributed by atoms with van der Waals surface area (Å²) in [5.74, 6) is 1.05. The number of methoxy groups -OCH3 is 2. The monoisotopic (exact) mass is 261 g/mol. The van der Waals surface area contributed by atoms with Gasteiger partial charge >= 0.3 is 0 Å². The number of hydrogen-bond acceptors (Lipinski definition) is 7. The number of rotatable bonds is 9. The van der Waals surface area contributed by atoms with Crippen LogP contribution >= 0.6 is 11.5 Å². The molecule has 0 aliphatic rings. The fourth-order valence-corrected chi connectivity index (χ4v) is 1.93. The van der Waals surface area contributed by atoms with E-state index in [0.29, 0.717) is 31.4 Å². The summed E-state index contributed by atoms with van der Waals surface area (Å²) in [7, 11) is 3.24. The van der Waals surface area contributed by atoms with Gasteiger partial charge in [0, 0.05) is 20.3 Å². The Bertz CT molecular complexity index is 320. The molecular formula is C10H19N3O3S. The Labute approximate surface area is 105 Å². The molecule has 7 heteroatoms. The second-order valence-electron chi connectivity index (χ2n) is 3.32. The van der Waals surface area contributed by atoms with Crippen molar-refractivity contribution in [1.29, 1.82) is 0 Å². The summed E-state index contributed by atoms with van der Waals surface area (Å²) < 4.78 is 19.4. The van der Waals surface area contributed by atoms with Crippen LogP contribution < -0.4 is 15.8 Å². The third kappa shape index (κ3) is 4.76. The molecule has 1 heterocycles. The highest BCUT2D eigenvalue weighted by molar-refractivity contribution is 7.11. The van der Waals surface area contributed by atoms with Crippen LogP contribution in [0.2, 0.25) is 0 Å². The summed E-state index contributed by atoms with van der Waals surface area (Å²) in [6.45, 7) is 2.76. The summed E-state index contributed by atoms with van der Waals surface area (Å²) >= 11 is 1.30. The standard InChI is InChI=1S/C10H19N3O3S/c1-14-6-7-16-5-3-4-12-10-8(15-2)9(11)13-17-10/h12H,3-7H2,1-2H3,(H2,11,13). The van der Waals surface area contributed by atoms with Crippen LogP contribution in [0.5, 0.6) is 5.75 Å². The number of aromatic nitrogens is 1. The number of nitrogens with zero attached hydrogens (tertiary/aromatic N) is 1. The van der Waals surface area contributed by atoms with Gasteiger partial charge in [-0.1, -0.05) is 0 Å². The Balaban J connectivity index is 2.13. The Morgan fingerprint density at radius 2 is 2.12 bits per heavy atom. The Morgan fingerprint density at radius 1 is 1.29 bits per heavy atom. The van der Waals surface area contributed by atoms with Crippen LogP contribution in [0.25, 0.3) is 0 Å². The van der Waals surface area contributed by atoms with Crippen molar-refractivity contribution in [2.24, 2.45) is 0 Å². The summed E-state index contributed by atoms with van der Waals surface area (Å²) in [6.07, 6.45) is 0.907. The first-order valence-electron chi connectivity index (χ1n) is 5.39. The second kappa shape index (κ2) is 8.10. The van der Waals surface area contributed by atoms with Gasteiger partial charge in [0.25, 0.3) is 0 Å². The molecule has 0 amide bonds. The van der Waals surface area contributed by atoms with Crippen molar-refractivity contribution in [2.45, 2.75) is 6.42 Å². The van der Waals surface area contributed by atoms with Crippen LogP contribution in [0.4, 0.5) is 10.8 Å². The predicted molar refractivity (Wildman–Crippen MR) is 68.9 cm³/mol.